The van der Waals surface area contributed by atoms with Crippen LogP contribution in [0, 0.1) is 0 Å². The van der Waals surface area contributed by atoms with Crippen LogP contribution in [0.4, 0.5) is 0 Å². The van der Waals surface area contributed by atoms with E-state index in [-0.39, 0.29) is 0 Å². The van der Waals surface area contributed by atoms with Crippen molar-refractivity contribution in [2.75, 3.05) is 0 Å². The molecule has 0 aromatic heterocycles. The number of carboxylic acids is 1. The van der Waals surface area contributed by atoms with Gasteiger partial charge in [-0.2, -0.15) is 0 Å². The average molecular weight is 543 g/mol. The van der Waals surface area contributed by atoms with E-state index >= 15 is 0 Å². The fourth-order valence-electron chi connectivity index (χ4n) is 5.16. The Morgan fingerprint density at radius 1 is 0.487 bits per heavy atom. The maximum Gasteiger partial charge on any atom is 0.383 e. The van der Waals surface area contributed by atoms with Gasteiger partial charge < -0.3 is 5.11 Å². The lowest BCUT2D eigenvalue weighted by molar-refractivity contribution is -0.137. The van der Waals surface area contributed by atoms with Crippen molar-refractivity contribution in [3.05, 3.63) is 91.0 Å². The Bertz CT molecular complexity index is 865. The van der Waals surface area contributed by atoms with Crippen LogP contribution < -0.4 is 13.3 Å². The van der Waals surface area contributed by atoms with Crippen LogP contribution in [0.25, 0.3) is 0 Å². The largest absolute Gasteiger partial charge is 0.481 e. The van der Waals surface area contributed by atoms with Gasteiger partial charge in [-0.05, 0) is 6.42 Å². The highest BCUT2D eigenvalue weighted by molar-refractivity contribution is 6.95. The number of aliphatic carboxylic acids is 1. The first-order chi connectivity index (χ1) is 19.2. The Morgan fingerprint density at radius 3 is 1.05 bits per heavy atom. The number of carboxylic acid groups (broad SMARTS) is 1. The molecule has 0 unspecified atom stereocenters. The quantitative estimate of drug-likeness (QED) is 0.122. The first-order valence-corrected chi connectivity index (χ1v) is 17.3. The molecule has 2 nitrogen and oxygen atoms in total. The second-order valence-corrected chi connectivity index (χ2v) is 13.6. The van der Waals surface area contributed by atoms with E-state index in [1.807, 2.05) is 0 Å². The van der Waals surface area contributed by atoms with E-state index in [2.05, 4.69) is 97.9 Å². The van der Waals surface area contributed by atoms with E-state index in [0.717, 1.165) is 12.8 Å². The van der Waals surface area contributed by atoms with Crippen molar-refractivity contribution in [1.82, 2.24) is 0 Å². The lowest BCUT2D eigenvalue weighted by Gasteiger charge is -2.13. The molecule has 39 heavy (non-hydrogen) atoms. The molecule has 0 saturated heterocycles. The van der Waals surface area contributed by atoms with E-state index in [4.69, 9.17) is 5.11 Å². The summed E-state index contributed by atoms with van der Waals surface area (Å²) in [6.45, 7) is 2.27. The molecule has 0 aliphatic carbocycles. The van der Waals surface area contributed by atoms with Crippen molar-refractivity contribution in [2.24, 2.45) is 0 Å². The van der Waals surface area contributed by atoms with Crippen LogP contribution in [-0.4, -0.2) is 25.2 Å². The third-order valence-electron chi connectivity index (χ3n) is 7.39. The van der Waals surface area contributed by atoms with E-state index in [0.29, 0.717) is 6.42 Å². The van der Waals surface area contributed by atoms with E-state index in [1.54, 1.807) is 0 Å². The molecule has 0 radical (unpaired) electrons. The smallest absolute Gasteiger partial charge is 0.383 e. The molecule has 0 heterocycles. The third kappa shape index (κ3) is 15.7. The molecule has 0 saturated carbocycles. The van der Waals surface area contributed by atoms with Crippen LogP contribution in [0.2, 0.25) is 0 Å². The van der Waals surface area contributed by atoms with Crippen molar-refractivity contribution in [2.45, 2.75) is 110 Å². The summed E-state index contributed by atoms with van der Waals surface area (Å²) in [7, 11) is 0. The number of hydrogen-bond acceptors (Lipinski definition) is 1. The fraction of sp³-hybridized carbons (Fsp3) is 0.472. The molecule has 3 rings (SSSR count). The van der Waals surface area contributed by atoms with Crippen LogP contribution in [0.3, 0.4) is 0 Å². The average Bonchev–Trinajstić information content (AvgIpc) is 2.97. The van der Waals surface area contributed by atoms with Crippen molar-refractivity contribution < 1.29 is 9.90 Å². The topological polar surface area (TPSA) is 37.3 Å². The van der Waals surface area contributed by atoms with Gasteiger partial charge in [0.25, 0.3) is 0 Å². The minimum absolute atomic E-state index is 0.345. The van der Waals surface area contributed by atoms with E-state index in [1.165, 1.54) is 96.7 Å². The van der Waals surface area contributed by atoms with Gasteiger partial charge in [-0.15, -0.1) is 0 Å². The van der Waals surface area contributed by atoms with Gasteiger partial charge in [-0.25, -0.2) is 0 Å². The summed E-state index contributed by atoms with van der Waals surface area (Å²) in [5, 5.41) is 8.52. The Morgan fingerprint density at radius 2 is 0.769 bits per heavy atom. The predicted molar refractivity (Wildman–Crippen MR) is 171 cm³/mol. The predicted octanol–water partition coefficient (Wildman–Crippen LogP) is 8.54. The summed E-state index contributed by atoms with van der Waals surface area (Å²) in [6.07, 6.45) is 20.2. The Kier molecular flexibility index (Phi) is 18.9. The highest BCUT2D eigenvalue weighted by Crippen LogP contribution is 2.13. The first-order valence-electron chi connectivity index (χ1n) is 15.6. The molecular formula is C36H51AlO2. The highest BCUT2D eigenvalue weighted by atomic mass is 27.2. The lowest BCUT2D eigenvalue weighted by Crippen LogP contribution is -2.51. The van der Waals surface area contributed by atoms with Crippen molar-refractivity contribution in [3.63, 3.8) is 0 Å². The van der Waals surface area contributed by atoms with E-state index in [9.17, 15) is 4.79 Å². The summed E-state index contributed by atoms with van der Waals surface area (Å²) in [4.78, 5) is 10.3. The van der Waals surface area contributed by atoms with Gasteiger partial charge >= 0.3 is 20.1 Å². The number of benzene rings is 3. The number of hydrogen-bond donors (Lipinski definition) is 1. The molecular weight excluding hydrogens is 491 g/mol. The number of carbonyl (C=O) groups is 1. The van der Waals surface area contributed by atoms with Gasteiger partial charge in [-0.1, -0.05) is 201 Å². The zero-order valence-corrected chi connectivity index (χ0v) is 25.6. The Hall–Kier alpha value is -2.34. The van der Waals surface area contributed by atoms with Crippen LogP contribution in [-0.2, 0) is 4.79 Å². The molecule has 210 valence electrons. The van der Waals surface area contributed by atoms with Gasteiger partial charge in [0, 0.05) is 6.42 Å². The van der Waals surface area contributed by atoms with Gasteiger partial charge in [0.05, 0.1) is 0 Å². The Labute approximate surface area is 243 Å². The summed E-state index contributed by atoms with van der Waals surface area (Å²) in [5.41, 5.74) is 0. The molecule has 0 spiro atoms. The lowest BCUT2D eigenvalue weighted by atomic mass is 10.0. The number of unbranched alkanes of at least 4 members (excludes halogenated alkanes) is 14. The highest BCUT2D eigenvalue weighted by Gasteiger charge is 2.24. The molecule has 3 aromatic rings. The molecule has 0 fully saturated rings. The first kappa shape index (κ1) is 32.9. The molecule has 0 aliphatic rings. The fourth-order valence-corrected chi connectivity index (χ4v) is 8.14. The van der Waals surface area contributed by atoms with Gasteiger partial charge in [0.1, 0.15) is 0 Å². The van der Waals surface area contributed by atoms with Gasteiger partial charge in [0.15, 0.2) is 0 Å². The Balaban J connectivity index is 0.000000273. The molecule has 0 amide bonds. The minimum Gasteiger partial charge on any atom is -0.481 e. The number of rotatable bonds is 19. The van der Waals surface area contributed by atoms with Crippen molar-refractivity contribution in [3.8, 4) is 0 Å². The van der Waals surface area contributed by atoms with Crippen LogP contribution in [0.5, 0.6) is 0 Å². The monoisotopic (exact) mass is 542 g/mol. The minimum atomic E-state index is -1.31. The summed E-state index contributed by atoms with van der Waals surface area (Å²) in [6, 6.07) is 32.7. The second kappa shape index (κ2) is 22.5. The summed E-state index contributed by atoms with van der Waals surface area (Å²) >= 11 is -1.31. The zero-order valence-electron chi connectivity index (χ0n) is 24.4. The van der Waals surface area contributed by atoms with Gasteiger partial charge in [-0.3, -0.25) is 4.79 Å². The van der Waals surface area contributed by atoms with E-state index < -0.39 is 20.1 Å². The SMILES string of the molecule is CCCCCCCCCCCCCCCCCC(=O)O.c1cc[c]([Al]([c]2ccccc2)[c]2ccccc2)cc1. The zero-order chi connectivity index (χ0) is 27.8. The normalized spacial score (nSPS) is 10.5. The summed E-state index contributed by atoms with van der Waals surface area (Å²) < 4.78 is 4.42. The second-order valence-electron chi connectivity index (χ2n) is 10.8. The molecule has 3 aromatic carbocycles. The molecule has 3 heteroatoms. The maximum atomic E-state index is 10.3. The van der Waals surface area contributed by atoms with Crippen LogP contribution >= 0.6 is 0 Å². The van der Waals surface area contributed by atoms with Crippen molar-refractivity contribution in [1.29, 1.82) is 0 Å². The van der Waals surface area contributed by atoms with Crippen molar-refractivity contribution >= 4 is 33.4 Å². The maximum absolute atomic E-state index is 10.3. The molecule has 0 aliphatic heterocycles. The third-order valence-corrected chi connectivity index (χ3v) is 10.5. The van der Waals surface area contributed by atoms with Gasteiger partial charge in [0.2, 0.25) is 0 Å². The standard InChI is InChI=1S/C18H36O2.3C6H5.Al/c1-2-3-4-5-6-7-8-9-10-11-12-13-14-15-16-17-18(19)20;3*1-2-4-6-5-3-1;/h2-17H2,1H3,(H,19,20);3*1-5H;. The molecule has 0 bridgehead atoms. The molecule has 0 atom stereocenters. The van der Waals surface area contributed by atoms with Crippen LogP contribution in [0.1, 0.15) is 110 Å². The van der Waals surface area contributed by atoms with Crippen LogP contribution in [0.15, 0.2) is 91.0 Å². The summed E-state index contributed by atoms with van der Waals surface area (Å²) in [5.74, 6) is -0.653. The molecule has 1 N–H and O–H groups in total.